The van der Waals surface area contributed by atoms with E-state index in [1.807, 2.05) is 18.2 Å². The molecule has 2 aromatic carbocycles. The second kappa shape index (κ2) is 5.37. The van der Waals surface area contributed by atoms with Gasteiger partial charge in [-0.3, -0.25) is 4.79 Å². The number of halogens is 2. The number of carbonyl (C=O) groups excluding carboxylic acids is 1. The molecule has 0 spiro atoms. The van der Waals surface area contributed by atoms with Crippen molar-refractivity contribution >= 4 is 17.4 Å². The van der Waals surface area contributed by atoms with Gasteiger partial charge in [-0.05, 0) is 41.7 Å². The summed E-state index contributed by atoms with van der Waals surface area (Å²) < 4.78 is 13.8. The van der Waals surface area contributed by atoms with Crippen molar-refractivity contribution in [1.29, 1.82) is 0 Å². The smallest absolute Gasteiger partial charge is 0.144 e. The van der Waals surface area contributed by atoms with Crippen LogP contribution in [0.4, 0.5) is 4.39 Å². The van der Waals surface area contributed by atoms with Crippen molar-refractivity contribution in [2.45, 2.75) is 25.2 Å². The van der Waals surface area contributed by atoms with Gasteiger partial charge in [0.15, 0.2) is 0 Å². The van der Waals surface area contributed by atoms with E-state index in [-0.39, 0.29) is 18.1 Å². The van der Waals surface area contributed by atoms with Crippen molar-refractivity contribution in [2.75, 3.05) is 0 Å². The summed E-state index contributed by atoms with van der Waals surface area (Å²) in [6, 6.07) is 12.5. The lowest BCUT2D eigenvalue weighted by Crippen LogP contribution is -2.13. The number of benzene rings is 2. The molecule has 3 rings (SSSR count). The van der Waals surface area contributed by atoms with Gasteiger partial charge in [0.1, 0.15) is 11.6 Å². The fraction of sp³-hybridized carbons (Fsp3) is 0.235. The van der Waals surface area contributed by atoms with Crippen LogP contribution >= 0.6 is 11.6 Å². The zero-order valence-corrected chi connectivity index (χ0v) is 11.7. The zero-order valence-electron chi connectivity index (χ0n) is 10.9. The Labute approximate surface area is 122 Å². The van der Waals surface area contributed by atoms with Gasteiger partial charge in [0.2, 0.25) is 0 Å². The molecule has 0 saturated heterocycles. The Morgan fingerprint density at radius 2 is 2.05 bits per heavy atom. The summed E-state index contributed by atoms with van der Waals surface area (Å²) in [4.78, 5) is 12.4. The maximum absolute atomic E-state index is 13.8. The normalized spacial score (nSPS) is 17.0. The van der Waals surface area contributed by atoms with Crippen LogP contribution in [0.1, 0.15) is 29.0 Å². The highest BCUT2D eigenvalue weighted by molar-refractivity contribution is 6.30. The van der Waals surface area contributed by atoms with Crippen LogP contribution in [0.3, 0.4) is 0 Å². The van der Waals surface area contributed by atoms with Gasteiger partial charge in [-0.1, -0.05) is 41.9 Å². The molecule has 3 heteroatoms. The van der Waals surface area contributed by atoms with Crippen molar-refractivity contribution in [1.82, 2.24) is 0 Å². The lowest BCUT2D eigenvalue weighted by molar-refractivity contribution is -0.119. The highest BCUT2D eigenvalue weighted by Gasteiger charge is 2.28. The molecule has 20 heavy (non-hydrogen) atoms. The first-order chi connectivity index (χ1) is 9.65. The predicted octanol–water partition coefficient (Wildman–Crippen LogP) is 4.32. The minimum absolute atomic E-state index is 0.0798. The highest BCUT2D eigenvalue weighted by Crippen LogP contribution is 2.34. The molecule has 0 amide bonds. The Bertz CT molecular complexity index is 666. The molecule has 0 aliphatic heterocycles. The van der Waals surface area contributed by atoms with Crippen LogP contribution in [0, 0.1) is 5.82 Å². The Balaban J connectivity index is 1.81. The van der Waals surface area contributed by atoms with Crippen molar-refractivity contribution < 1.29 is 9.18 Å². The first kappa shape index (κ1) is 13.3. The van der Waals surface area contributed by atoms with Crippen LogP contribution < -0.4 is 0 Å². The molecule has 0 N–H and O–H groups in total. The van der Waals surface area contributed by atoms with E-state index in [2.05, 4.69) is 6.07 Å². The number of carbonyl (C=O) groups is 1. The van der Waals surface area contributed by atoms with Crippen molar-refractivity contribution in [2.24, 2.45) is 0 Å². The molecule has 0 heterocycles. The van der Waals surface area contributed by atoms with E-state index in [1.165, 1.54) is 11.6 Å². The first-order valence-corrected chi connectivity index (χ1v) is 7.07. The molecule has 102 valence electrons. The molecule has 1 atom stereocenters. The molecule has 0 fully saturated rings. The number of hydrogen-bond acceptors (Lipinski definition) is 1. The third kappa shape index (κ3) is 2.48. The number of Topliss-reactive ketones (excluding diaryl/α,β-unsaturated/α-hetero) is 1. The van der Waals surface area contributed by atoms with Gasteiger partial charge >= 0.3 is 0 Å². The molecule has 1 nitrogen and oxygen atoms in total. The number of aryl methyl sites for hydroxylation is 1. The predicted molar refractivity (Wildman–Crippen MR) is 77.6 cm³/mol. The van der Waals surface area contributed by atoms with Crippen LogP contribution in [-0.4, -0.2) is 5.78 Å². The number of hydrogen-bond donors (Lipinski definition) is 0. The van der Waals surface area contributed by atoms with E-state index in [0.29, 0.717) is 10.6 Å². The summed E-state index contributed by atoms with van der Waals surface area (Å²) in [7, 11) is 0. The Hall–Kier alpha value is -1.67. The van der Waals surface area contributed by atoms with E-state index in [9.17, 15) is 9.18 Å². The third-order valence-corrected chi connectivity index (χ3v) is 4.14. The van der Waals surface area contributed by atoms with Gasteiger partial charge in [-0.25, -0.2) is 4.39 Å². The summed E-state index contributed by atoms with van der Waals surface area (Å²) >= 11 is 5.72. The fourth-order valence-corrected chi connectivity index (χ4v) is 3.03. The number of ketones is 1. The largest absolute Gasteiger partial charge is 0.299 e. The maximum atomic E-state index is 13.8. The van der Waals surface area contributed by atoms with Crippen LogP contribution in [0.25, 0.3) is 0 Å². The lowest BCUT2D eigenvalue weighted by Gasteiger charge is -2.11. The van der Waals surface area contributed by atoms with Crippen molar-refractivity contribution in [3.8, 4) is 0 Å². The Morgan fingerprint density at radius 3 is 2.85 bits per heavy atom. The van der Waals surface area contributed by atoms with E-state index in [4.69, 9.17) is 11.6 Å². The summed E-state index contributed by atoms with van der Waals surface area (Å²) in [5, 5.41) is 0.352. The molecular weight excluding hydrogens is 275 g/mol. The SMILES string of the molecule is O=C(Cc1ccc(Cl)cc1F)C1CCc2ccccc21. The molecule has 0 bridgehead atoms. The van der Waals surface area contributed by atoms with Gasteiger partial charge in [0, 0.05) is 17.4 Å². The van der Waals surface area contributed by atoms with E-state index in [1.54, 1.807) is 12.1 Å². The Kier molecular flexibility index (Phi) is 3.58. The lowest BCUT2D eigenvalue weighted by atomic mass is 9.92. The number of fused-ring (bicyclic) bond motifs is 1. The van der Waals surface area contributed by atoms with Gasteiger partial charge < -0.3 is 0 Å². The van der Waals surface area contributed by atoms with E-state index < -0.39 is 5.82 Å². The maximum Gasteiger partial charge on any atom is 0.144 e. The van der Waals surface area contributed by atoms with Crippen LogP contribution in [0.2, 0.25) is 5.02 Å². The molecule has 1 aliphatic carbocycles. The molecular formula is C17H14ClFO. The van der Waals surface area contributed by atoms with Crippen LogP contribution in [-0.2, 0) is 17.6 Å². The first-order valence-electron chi connectivity index (χ1n) is 6.69. The zero-order chi connectivity index (χ0) is 14.1. The van der Waals surface area contributed by atoms with Crippen LogP contribution in [0.5, 0.6) is 0 Å². The molecule has 1 aliphatic rings. The molecule has 2 aromatic rings. The van der Waals surface area contributed by atoms with E-state index in [0.717, 1.165) is 18.4 Å². The Morgan fingerprint density at radius 1 is 1.25 bits per heavy atom. The summed E-state index contributed by atoms with van der Waals surface area (Å²) in [5.74, 6) is -0.422. The standard InChI is InChI=1S/C17H14ClFO/c18-13-7-5-12(16(19)10-13)9-17(20)15-8-6-11-3-1-2-4-14(11)15/h1-5,7,10,15H,6,8-9H2. The fourth-order valence-electron chi connectivity index (χ4n) is 2.87. The van der Waals surface area contributed by atoms with Gasteiger partial charge in [-0.15, -0.1) is 0 Å². The summed E-state index contributed by atoms with van der Waals surface area (Å²) in [5.41, 5.74) is 2.76. The second-order valence-electron chi connectivity index (χ2n) is 5.17. The minimum Gasteiger partial charge on any atom is -0.299 e. The van der Waals surface area contributed by atoms with Gasteiger partial charge in [0.25, 0.3) is 0 Å². The van der Waals surface area contributed by atoms with Crippen LogP contribution in [0.15, 0.2) is 42.5 Å². The highest BCUT2D eigenvalue weighted by atomic mass is 35.5. The summed E-state index contributed by atoms with van der Waals surface area (Å²) in [6.07, 6.45) is 1.88. The topological polar surface area (TPSA) is 17.1 Å². The van der Waals surface area contributed by atoms with E-state index >= 15 is 0 Å². The molecule has 0 aromatic heterocycles. The molecule has 0 radical (unpaired) electrons. The van der Waals surface area contributed by atoms with Crippen molar-refractivity contribution in [3.05, 3.63) is 70.0 Å². The van der Waals surface area contributed by atoms with Gasteiger partial charge in [-0.2, -0.15) is 0 Å². The quantitative estimate of drug-likeness (QED) is 0.822. The second-order valence-corrected chi connectivity index (χ2v) is 5.61. The average molecular weight is 289 g/mol. The average Bonchev–Trinajstić information content (AvgIpc) is 2.86. The minimum atomic E-state index is -0.405. The molecule has 1 unspecified atom stereocenters. The third-order valence-electron chi connectivity index (χ3n) is 3.90. The monoisotopic (exact) mass is 288 g/mol. The van der Waals surface area contributed by atoms with Crippen molar-refractivity contribution in [3.63, 3.8) is 0 Å². The summed E-state index contributed by atoms with van der Waals surface area (Å²) in [6.45, 7) is 0. The van der Waals surface area contributed by atoms with Gasteiger partial charge in [0.05, 0.1) is 0 Å². The number of rotatable bonds is 3. The molecule has 0 saturated carbocycles.